The number of hydrogen-bond acceptors (Lipinski definition) is 7. The highest BCUT2D eigenvalue weighted by Crippen LogP contribution is 2.30. The standard InChI is InChI=1S/C15H15N5O2/c1-3-22-14-12-13(19-15(16)20-14)17-8-10(18-12)9-6-4-5-7-11(9)21-2/h4-8H,3H2,1-2H3,(H2,16,17,19,20). The van der Waals surface area contributed by atoms with E-state index in [0.29, 0.717) is 35.1 Å². The van der Waals surface area contributed by atoms with Crippen LogP contribution in [-0.4, -0.2) is 33.7 Å². The summed E-state index contributed by atoms with van der Waals surface area (Å²) in [6, 6.07) is 7.58. The fraction of sp³-hybridized carbons (Fsp3) is 0.200. The molecule has 7 nitrogen and oxygen atoms in total. The number of methoxy groups -OCH3 is 1. The van der Waals surface area contributed by atoms with Crippen molar-refractivity contribution >= 4 is 17.1 Å². The lowest BCUT2D eigenvalue weighted by molar-refractivity contribution is 0.330. The van der Waals surface area contributed by atoms with Crippen molar-refractivity contribution in [3.05, 3.63) is 30.5 Å². The highest BCUT2D eigenvalue weighted by atomic mass is 16.5. The first-order valence-electron chi connectivity index (χ1n) is 6.79. The predicted octanol–water partition coefficient (Wildman–Crippen LogP) is 2.08. The van der Waals surface area contributed by atoms with Crippen molar-refractivity contribution in [1.82, 2.24) is 19.9 Å². The fourth-order valence-electron chi connectivity index (χ4n) is 2.12. The van der Waals surface area contributed by atoms with Crippen molar-refractivity contribution in [1.29, 1.82) is 0 Å². The summed E-state index contributed by atoms with van der Waals surface area (Å²) in [5.74, 6) is 1.15. The number of nitrogens with zero attached hydrogens (tertiary/aromatic N) is 4. The summed E-state index contributed by atoms with van der Waals surface area (Å²) in [6.07, 6.45) is 1.63. The minimum absolute atomic E-state index is 0.107. The predicted molar refractivity (Wildman–Crippen MR) is 82.7 cm³/mol. The maximum absolute atomic E-state index is 5.66. The van der Waals surface area contributed by atoms with Crippen LogP contribution in [0.1, 0.15) is 6.92 Å². The zero-order chi connectivity index (χ0) is 15.5. The van der Waals surface area contributed by atoms with Gasteiger partial charge in [-0.2, -0.15) is 9.97 Å². The van der Waals surface area contributed by atoms with Gasteiger partial charge in [-0.15, -0.1) is 0 Å². The Balaban J connectivity index is 2.20. The van der Waals surface area contributed by atoms with Crippen LogP contribution in [0, 0.1) is 0 Å². The number of anilines is 1. The molecule has 0 atom stereocenters. The van der Waals surface area contributed by atoms with E-state index in [1.54, 1.807) is 13.3 Å². The second-order valence-corrected chi connectivity index (χ2v) is 4.45. The van der Waals surface area contributed by atoms with E-state index >= 15 is 0 Å². The van der Waals surface area contributed by atoms with Gasteiger partial charge < -0.3 is 15.2 Å². The molecule has 0 radical (unpaired) electrons. The van der Waals surface area contributed by atoms with E-state index in [9.17, 15) is 0 Å². The van der Waals surface area contributed by atoms with Crippen LogP contribution < -0.4 is 15.2 Å². The first-order valence-corrected chi connectivity index (χ1v) is 6.79. The first-order chi connectivity index (χ1) is 10.7. The summed E-state index contributed by atoms with van der Waals surface area (Å²) in [7, 11) is 1.61. The van der Waals surface area contributed by atoms with E-state index in [0.717, 1.165) is 5.56 Å². The average Bonchev–Trinajstić information content (AvgIpc) is 2.54. The largest absolute Gasteiger partial charge is 0.496 e. The number of para-hydroxylation sites is 1. The van der Waals surface area contributed by atoms with Crippen molar-refractivity contribution in [2.24, 2.45) is 0 Å². The molecule has 0 bridgehead atoms. The van der Waals surface area contributed by atoms with Crippen molar-refractivity contribution in [2.45, 2.75) is 6.92 Å². The molecule has 0 aliphatic carbocycles. The average molecular weight is 297 g/mol. The molecule has 2 N–H and O–H groups in total. The van der Waals surface area contributed by atoms with E-state index in [1.165, 1.54) is 0 Å². The maximum Gasteiger partial charge on any atom is 0.247 e. The molecule has 0 aliphatic heterocycles. The van der Waals surface area contributed by atoms with Crippen LogP contribution in [0.15, 0.2) is 30.5 Å². The van der Waals surface area contributed by atoms with Gasteiger partial charge in [-0.1, -0.05) is 12.1 Å². The van der Waals surface area contributed by atoms with Crippen LogP contribution in [0.4, 0.5) is 5.95 Å². The molecular weight excluding hydrogens is 282 g/mol. The van der Waals surface area contributed by atoms with Gasteiger partial charge in [0.25, 0.3) is 0 Å². The zero-order valence-electron chi connectivity index (χ0n) is 12.3. The lowest BCUT2D eigenvalue weighted by Crippen LogP contribution is -2.04. The van der Waals surface area contributed by atoms with Gasteiger partial charge in [0.2, 0.25) is 11.8 Å². The van der Waals surface area contributed by atoms with Gasteiger partial charge in [-0.05, 0) is 19.1 Å². The van der Waals surface area contributed by atoms with Gasteiger partial charge in [0.05, 0.1) is 25.6 Å². The monoisotopic (exact) mass is 297 g/mol. The number of hydrogen-bond donors (Lipinski definition) is 1. The third kappa shape index (κ3) is 2.48. The summed E-state index contributed by atoms with van der Waals surface area (Å²) >= 11 is 0. The molecule has 22 heavy (non-hydrogen) atoms. The van der Waals surface area contributed by atoms with Gasteiger partial charge in [-0.3, -0.25) is 0 Å². The third-order valence-electron chi connectivity index (χ3n) is 3.06. The van der Waals surface area contributed by atoms with Crippen LogP contribution >= 0.6 is 0 Å². The number of aromatic nitrogens is 4. The number of nitrogens with two attached hydrogens (primary N) is 1. The number of nitrogen functional groups attached to an aromatic ring is 1. The van der Waals surface area contributed by atoms with Crippen LogP contribution in [0.3, 0.4) is 0 Å². The minimum atomic E-state index is 0.107. The third-order valence-corrected chi connectivity index (χ3v) is 3.06. The van der Waals surface area contributed by atoms with Crippen LogP contribution in [0.2, 0.25) is 0 Å². The van der Waals surface area contributed by atoms with E-state index in [2.05, 4.69) is 19.9 Å². The normalized spacial score (nSPS) is 10.6. The van der Waals surface area contributed by atoms with Crippen LogP contribution in [0.25, 0.3) is 22.4 Å². The number of benzene rings is 1. The molecule has 0 aliphatic rings. The molecule has 0 saturated carbocycles. The molecule has 112 valence electrons. The Morgan fingerprint density at radius 3 is 2.73 bits per heavy atom. The zero-order valence-corrected chi connectivity index (χ0v) is 12.3. The first kappa shape index (κ1) is 14.0. The van der Waals surface area contributed by atoms with Gasteiger partial charge in [0.15, 0.2) is 11.2 Å². The molecule has 1 aromatic carbocycles. The molecule has 3 rings (SSSR count). The fourth-order valence-corrected chi connectivity index (χ4v) is 2.12. The molecule has 2 heterocycles. The maximum atomic E-state index is 5.66. The molecule has 0 fully saturated rings. The number of fused-ring (bicyclic) bond motifs is 1. The second-order valence-electron chi connectivity index (χ2n) is 4.45. The van der Waals surface area contributed by atoms with Crippen molar-refractivity contribution in [3.8, 4) is 22.9 Å². The topological polar surface area (TPSA) is 96.0 Å². The summed E-state index contributed by atoms with van der Waals surface area (Å²) < 4.78 is 10.8. The molecule has 0 spiro atoms. The Kier molecular flexibility index (Phi) is 3.69. The summed E-state index contributed by atoms with van der Waals surface area (Å²) in [4.78, 5) is 17.0. The summed E-state index contributed by atoms with van der Waals surface area (Å²) in [6.45, 7) is 2.31. The molecule has 7 heteroatoms. The number of rotatable bonds is 4. The van der Waals surface area contributed by atoms with Crippen LogP contribution in [-0.2, 0) is 0 Å². The van der Waals surface area contributed by atoms with Crippen molar-refractivity contribution in [2.75, 3.05) is 19.5 Å². The Morgan fingerprint density at radius 2 is 1.95 bits per heavy atom. The minimum Gasteiger partial charge on any atom is -0.496 e. The summed E-state index contributed by atoms with van der Waals surface area (Å²) in [5, 5.41) is 0. The van der Waals surface area contributed by atoms with E-state index in [-0.39, 0.29) is 5.95 Å². The second kappa shape index (κ2) is 5.80. The molecule has 3 aromatic rings. The molecule has 0 unspecified atom stereocenters. The Bertz CT molecular complexity index is 822. The van der Waals surface area contributed by atoms with E-state index in [1.807, 2.05) is 31.2 Å². The van der Waals surface area contributed by atoms with Gasteiger partial charge in [-0.25, -0.2) is 9.97 Å². The van der Waals surface area contributed by atoms with Crippen molar-refractivity contribution in [3.63, 3.8) is 0 Å². The summed E-state index contributed by atoms with van der Waals surface area (Å²) in [5.41, 5.74) is 8.01. The highest BCUT2D eigenvalue weighted by molar-refractivity contribution is 5.80. The number of ether oxygens (including phenoxy) is 2. The smallest absolute Gasteiger partial charge is 0.247 e. The SMILES string of the molecule is CCOc1nc(N)nc2ncc(-c3ccccc3OC)nc12. The van der Waals surface area contributed by atoms with Gasteiger partial charge >= 0.3 is 0 Å². The van der Waals surface area contributed by atoms with Gasteiger partial charge in [0, 0.05) is 5.56 Å². The van der Waals surface area contributed by atoms with Gasteiger partial charge in [0.1, 0.15) is 5.75 Å². The Hall–Kier alpha value is -2.96. The molecular formula is C15H15N5O2. The van der Waals surface area contributed by atoms with E-state index < -0.39 is 0 Å². The highest BCUT2D eigenvalue weighted by Gasteiger charge is 2.13. The van der Waals surface area contributed by atoms with E-state index in [4.69, 9.17) is 15.2 Å². The lowest BCUT2D eigenvalue weighted by Gasteiger charge is -2.09. The Morgan fingerprint density at radius 1 is 1.14 bits per heavy atom. The van der Waals surface area contributed by atoms with Crippen LogP contribution in [0.5, 0.6) is 11.6 Å². The lowest BCUT2D eigenvalue weighted by atomic mass is 10.1. The molecule has 2 aromatic heterocycles. The quantitative estimate of drug-likeness (QED) is 0.787. The van der Waals surface area contributed by atoms with Crippen molar-refractivity contribution < 1.29 is 9.47 Å². The Labute approximate surface area is 127 Å². The molecule has 0 amide bonds. The molecule has 0 saturated heterocycles.